The highest BCUT2D eigenvalue weighted by atomic mass is 16.4. The first-order valence-electron chi connectivity index (χ1n) is 10.8. The van der Waals surface area contributed by atoms with E-state index < -0.39 is 23.8 Å². The zero-order valence-corrected chi connectivity index (χ0v) is 19.3. The van der Waals surface area contributed by atoms with Crippen LogP contribution >= 0.6 is 0 Å². The molecule has 0 aliphatic carbocycles. The van der Waals surface area contributed by atoms with Gasteiger partial charge in [-0.25, -0.2) is 20.4 Å². The summed E-state index contributed by atoms with van der Waals surface area (Å²) in [6.07, 6.45) is 2.28. The molecule has 12 nitrogen and oxygen atoms in total. The highest BCUT2D eigenvalue weighted by Crippen LogP contribution is 2.26. The lowest BCUT2D eigenvalue weighted by Crippen LogP contribution is -2.35. The lowest BCUT2D eigenvalue weighted by molar-refractivity contribution is -0.139. The van der Waals surface area contributed by atoms with E-state index in [1.54, 1.807) is 48.5 Å². The lowest BCUT2D eigenvalue weighted by Gasteiger charge is -2.02. The average molecular weight is 514 g/mol. The van der Waals surface area contributed by atoms with Gasteiger partial charge in [-0.1, -0.05) is 36.4 Å². The van der Waals surface area contributed by atoms with Crippen molar-refractivity contribution in [1.29, 1.82) is 0 Å². The molecule has 0 bridgehead atoms. The van der Waals surface area contributed by atoms with E-state index >= 15 is 0 Å². The van der Waals surface area contributed by atoms with Crippen LogP contribution in [0, 0.1) is 0 Å². The van der Waals surface area contributed by atoms with Gasteiger partial charge in [0.1, 0.15) is 23.0 Å². The Hall–Kier alpha value is -5.78. The van der Waals surface area contributed by atoms with Crippen LogP contribution in [0.2, 0.25) is 0 Å². The van der Waals surface area contributed by atoms with Gasteiger partial charge in [-0.3, -0.25) is 9.59 Å². The van der Waals surface area contributed by atoms with Gasteiger partial charge < -0.3 is 19.0 Å². The van der Waals surface area contributed by atoms with Crippen molar-refractivity contribution in [3.8, 4) is 22.6 Å². The molecule has 0 unspecified atom stereocenters. The number of carboxylic acids is 2. The molecule has 4 aromatic rings. The van der Waals surface area contributed by atoms with Crippen molar-refractivity contribution in [3.05, 3.63) is 95.4 Å². The number of carbonyl (C=O) groups excluding carboxylic acids is 2. The molecule has 4 N–H and O–H groups in total. The normalized spacial score (nSPS) is 11.1. The molecule has 0 saturated carbocycles. The molecular formula is C26H18N4O8. The minimum Gasteiger partial charge on any atom is -0.478 e. The second-order valence-corrected chi connectivity index (χ2v) is 7.50. The summed E-state index contributed by atoms with van der Waals surface area (Å²) < 4.78 is 11.1. The summed E-state index contributed by atoms with van der Waals surface area (Å²) in [6.45, 7) is 0. The van der Waals surface area contributed by atoms with Gasteiger partial charge in [-0.15, -0.1) is 0 Å². The second-order valence-electron chi connectivity index (χ2n) is 7.50. The standard InChI is InChI=1S/C26H18N4O8/c31-23(29-27-13-15-9-11-21(37-15)17-5-1-3-7-19(17)25(33)34)24(32)30-28-14-16-10-12-22(38-16)18-6-2-4-8-20(18)26(35)36/h1-14H,(H,29,31)(H,30,32)(H,33,34)(H,35,36)/b27-13-,28-14+. The van der Waals surface area contributed by atoms with E-state index in [0.29, 0.717) is 11.1 Å². The summed E-state index contributed by atoms with van der Waals surface area (Å²) in [5.41, 5.74) is 4.89. The van der Waals surface area contributed by atoms with Crippen LogP contribution in [-0.2, 0) is 9.59 Å². The fraction of sp³-hybridized carbons (Fsp3) is 0. The number of hydrogen-bond acceptors (Lipinski definition) is 8. The number of carboxylic acid groups (broad SMARTS) is 2. The molecule has 0 aliphatic heterocycles. The Kier molecular flexibility index (Phi) is 7.53. The highest BCUT2D eigenvalue weighted by molar-refractivity contribution is 6.35. The van der Waals surface area contributed by atoms with Gasteiger partial charge in [-0.05, 0) is 36.4 Å². The Labute approximate surface area is 213 Å². The van der Waals surface area contributed by atoms with Gasteiger partial charge in [0.05, 0.1) is 23.6 Å². The van der Waals surface area contributed by atoms with Gasteiger partial charge in [0, 0.05) is 11.1 Å². The number of hydrazone groups is 2. The molecule has 4 rings (SSSR count). The molecule has 0 radical (unpaired) electrons. The van der Waals surface area contributed by atoms with Crippen LogP contribution < -0.4 is 10.9 Å². The van der Waals surface area contributed by atoms with E-state index in [2.05, 4.69) is 10.2 Å². The number of amides is 2. The van der Waals surface area contributed by atoms with Gasteiger partial charge in [-0.2, -0.15) is 10.2 Å². The van der Waals surface area contributed by atoms with Gasteiger partial charge >= 0.3 is 23.8 Å². The van der Waals surface area contributed by atoms with Crippen molar-refractivity contribution in [2.45, 2.75) is 0 Å². The molecule has 38 heavy (non-hydrogen) atoms. The van der Waals surface area contributed by atoms with Crippen LogP contribution in [0.25, 0.3) is 22.6 Å². The minimum absolute atomic E-state index is 0.0618. The topological polar surface area (TPSA) is 184 Å². The molecular weight excluding hydrogens is 496 g/mol. The molecule has 0 fully saturated rings. The smallest absolute Gasteiger partial charge is 0.336 e. The van der Waals surface area contributed by atoms with Gasteiger partial charge in [0.2, 0.25) is 0 Å². The summed E-state index contributed by atoms with van der Waals surface area (Å²) in [5.74, 6) is -3.46. The number of benzene rings is 2. The molecule has 2 aromatic carbocycles. The quantitative estimate of drug-likeness (QED) is 0.157. The summed E-state index contributed by atoms with van der Waals surface area (Å²) in [7, 11) is 0. The maximum absolute atomic E-state index is 11.9. The van der Waals surface area contributed by atoms with Crippen molar-refractivity contribution >= 4 is 36.2 Å². The Morgan fingerprint density at radius 2 is 1.00 bits per heavy atom. The molecule has 190 valence electrons. The molecule has 0 aliphatic rings. The van der Waals surface area contributed by atoms with E-state index in [9.17, 15) is 29.4 Å². The third-order valence-corrected chi connectivity index (χ3v) is 5.02. The van der Waals surface area contributed by atoms with Crippen molar-refractivity contribution < 1.29 is 38.2 Å². The Balaban J connectivity index is 1.31. The lowest BCUT2D eigenvalue weighted by atomic mass is 10.1. The van der Waals surface area contributed by atoms with Crippen molar-refractivity contribution in [2.24, 2.45) is 10.2 Å². The Morgan fingerprint density at radius 1 is 0.605 bits per heavy atom. The zero-order valence-electron chi connectivity index (χ0n) is 19.3. The van der Waals surface area contributed by atoms with Crippen molar-refractivity contribution in [2.75, 3.05) is 0 Å². The third kappa shape index (κ3) is 5.88. The molecule has 12 heteroatoms. The fourth-order valence-electron chi connectivity index (χ4n) is 3.31. The predicted molar refractivity (Wildman–Crippen MR) is 134 cm³/mol. The number of furan rings is 2. The molecule has 2 heterocycles. The number of hydrogen-bond donors (Lipinski definition) is 4. The van der Waals surface area contributed by atoms with Crippen molar-refractivity contribution in [1.82, 2.24) is 10.9 Å². The Morgan fingerprint density at radius 3 is 1.39 bits per heavy atom. The van der Waals surface area contributed by atoms with E-state index in [4.69, 9.17) is 8.83 Å². The molecule has 2 aromatic heterocycles. The summed E-state index contributed by atoms with van der Waals surface area (Å²) in [5, 5.41) is 25.9. The minimum atomic E-state index is -1.11. The number of nitrogens with zero attached hydrogens (tertiary/aromatic N) is 2. The second kappa shape index (κ2) is 11.3. The summed E-state index contributed by atoms with van der Waals surface area (Å²) >= 11 is 0. The number of aromatic carboxylic acids is 2. The van der Waals surface area contributed by atoms with Crippen LogP contribution in [0.15, 0.2) is 91.8 Å². The summed E-state index contributed by atoms with van der Waals surface area (Å²) in [4.78, 5) is 46.6. The number of rotatable bonds is 8. The van der Waals surface area contributed by atoms with E-state index in [1.807, 2.05) is 10.9 Å². The fourth-order valence-corrected chi connectivity index (χ4v) is 3.31. The number of nitrogens with one attached hydrogen (secondary N) is 2. The molecule has 2 amide bonds. The molecule has 0 spiro atoms. The maximum atomic E-state index is 11.9. The Bertz CT molecular complexity index is 1460. The van der Waals surface area contributed by atoms with Crippen LogP contribution in [-0.4, -0.2) is 46.4 Å². The van der Waals surface area contributed by atoms with E-state index in [0.717, 1.165) is 12.4 Å². The first kappa shape index (κ1) is 25.3. The van der Waals surface area contributed by atoms with Crippen molar-refractivity contribution in [3.63, 3.8) is 0 Å². The maximum Gasteiger partial charge on any atom is 0.336 e. The van der Waals surface area contributed by atoms with Crippen LogP contribution in [0.5, 0.6) is 0 Å². The SMILES string of the molecule is O=C(N/N=C\c1ccc(-c2ccccc2C(=O)O)o1)C(=O)N/N=C/c1ccc(-c2ccccc2C(=O)O)o1. The third-order valence-electron chi connectivity index (χ3n) is 5.02. The first-order valence-corrected chi connectivity index (χ1v) is 10.8. The van der Waals surface area contributed by atoms with Crippen LogP contribution in [0.3, 0.4) is 0 Å². The molecule has 0 saturated heterocycles. The zero-order chi connectivity index (χ0) is 27.1. The molecule has 0 atom stereocenters. The summed E-state index contributed by atoms with van der Waals surface area (Å²) in [6, 6.07) is 18.7. The van der Waals surface area contributed by atoms with Gasteiger partial charge in [0.15, 0.2) is 0 Å². The van der Waals surface area contributed by atoms with E-state index in [1.165, 1.54) is 24.3 Å². The number of carbonyl (C=O) groups is 4. The van der Waals surface area contributed by atoms with Crippen LogP contribution in [0.4, 0.5) is 0 Å². The predicted octanol–water partition coefficient (Wildman–Crippen LogP) is 3.20. The largest absolute Gasteiger partial charge is 0.478 e. The average Bonchev–Trinajstić information content (AvgIpc) is 3.58. The monoisotopic (exact) mass is 514 g/mol. The van der Waals surface area contributed by atoms with Gasteiger partial charge in [0.25, 0.3) is 0 Å². The first-order chi connectivity index (χ1) is 18.3. The van der Waals surface area contributed by atoms with E-state index in [-0.39, 0.29) is 34.2 Å². The highest BCUT2D eigenvalue weighted by Gasteiger charge is 2.15. The van der Waals surface area contributed by atoms with Crippen LogP contribution in [0.1, 0.15) is 32.2 Å².